The van der Waals surface area contributed by atoms with E-state index in [9.17, 15) is 9.90 Å². The second kappa shape index (κ2) is 5.30. The molecule has 1 amide bonds. The van der Waals surface area contributed by atoms with Gasteiger partial charge in [-0.05, 0) is 33.9 Å². The predicted octanol–water partition coefficient (Wildman–Crippen LogP) is 0.247. The molecule has 1 aromatic heterocycles. The third kappa shape index (κ3) is 3.33. The van der Waals surface area contributed by atoms with Crippen molar-refractivity contribution in [3.05, 3.63) is 17.7 Å². The quantitative estimate of drug-likeness (QED) is 0.822. The van der Waals surface area contributed by atoms with Gasteiger partial charge in [-0.1, -0.05) is 0 Å². The molecule has 0 saturated carbocycles. The average molecular weight is 266 g/mol. The van der Waals surface area contributed by atoms with Gasteiger partial charge in [0.15, 0.2) is 5.82 Å². The van der Waals surface area contributed by atoms with Gasteiger partial charge in [-0.3, -0.25) is 4.79 Å². The average Bonchev–Trinajstić information content (AvgIpc) is 2.73. The van der Waals surface area contributed by atoms with E-state index >= 15 is 0 Å². The van der Waals surface area contributed by atoms with Crippen molar-refractivity contribution >= 4 is 5.91 Å². The fraction of sp³-hybridized carbons (Fsp3) is 0.692. The highest BCUT2D eigenvalue weighted by molar-refractivity contribution is 5.90. The zero-order valence-electron chi connectivity index (χ0n) is 11.8. The van der Waals surface area contributed by atoms with Crippen LogP contribution in [0.15, 0.2) is 6.20 Å². The highest BCUT2D eigenvalue weighted by Crippen LogP contribution is 2.22. The third-order valence-electron chi connectivity index (χ3n) is 3.36. The number of aromatic amines is 1. The Morgan fingerprint density at radius 2 is 2.37 bits per heavy atom. The molecule has 0 spiro atoms. The number of imidazole rings is 1. The largest absolute Gasteiger partial charge is 0.387 e. The summed E-state index contributed by atoms with van der Waals surface area (Å²) in [6, 6.07) is 0. The lowest BCUT2D eigenvalue weighted by Gasteiger charge is -2.40. The van der Waals surface area contributed by atoms with E-state index in [1.807, 2.05) is 25.9 Å². The number of β-amino-alcohol motifs (C(OH)–C–C–N with tert-alkyl or cyclic N) is 1. The smallest absolute Gasteiger partial charge is 0.289 e. The van der Waals surface area contributed by atoms with Gasteiger partial charge in [0, 0.05) is 25.0 Å². The monoisotopic (exact) mass is 266 g/mol. The van der Waals surface area contributed by atoms with Crippen molar-refractivity contribution < 1.29 is 9.90 Å². The number of aromatic nitrogens is 2. The Morgan fingerprint density at radius 1 is 1.63 bits per heavy atom. The van der Waals surface area contributed by atoms with E-state index in [-0.39, 0.29) is 5.91 Å². The van der Waals surface area contributed by atoms with Crippen molar-refractivity contribution in [3.63, 3.8) is 0 Å². The van der Waals surface area contributed by atoms with Crippen molar-refractivity contribution in [2.24, 2.45) is 0 Å². The molecule has 0 aromatic carbocycles. The topological polar surface area (TPSA) is 72.5 Å². The van der Waals surface area contributed by atoms with Crippen LogP contribution in [0.5, 0.6) is 0 Å². The van der Waals surface area contributed by atoms with E-state index in [4.69, 9.17) is 0 Å². The molecule has 0 radical (unpaired) electrons. The minimum atomic E-state index is -0.820. The molecule has 1 saturated heterocycles. The van der Waals surface area contributed by atoms with Crippen LogP contribution < -0.4 is 0 Å². The molecule has 106 valence electrons. The molecule has 19 heavy (non-hydrogen) atoms. The number of likely N-dealkylation sites (N-methyl/N-ethyl adjacent to an activating group) is 1. The number of hydrogen-bond donors (Lipinski definition) is 2. The van der Waals surface area contributed by atoms with E-state index < -0.39 is 5.60 Å². The molecule has 1 aromatic rings. The molecular weight excluding hydrogens is 244 g/mol. The van der Waals surface area contributed by atoms with Crippen LogP contribution in [0.3, 0.4) is 0 Å². The SMILES string of the molecule is Cc1cnc(C(=O)N2CCC[C@](O)(CN(C)C)C2)[nH]1. The number of amides is 1. The number of likely N-dealkylation sites (tertiary alicyclic amines) is 1. The summed E-state index contributed by atoms with van der Waals surface area (Å²) >= 11 is 0. The van der Waals surface area contributed by atoms with E-state index in [0.717, 1.165) is 18.5 Å². The molecule has 1 aliphatic rings. The molecular formula is C13H22N4O2. The maximum atomic E-state index is 12.3. The Morgan fingerprint density at radius 3 is 2.95 bits per heavy atom. The van der Waals surface area contributed by atoms with Gasteiger partial charge in [0.2, 0.25) is 0 Å². The number of hydrogen-bond acceptors (Lipinski definition) is 4. The van der Waals surface area contributed by atoms with Crippen LogP contribution in [0.2, 0.25) is 0 Å². The zero-order valence-corrected chi connectivity index (χ0v) is 11.8. The summed E-state index contributed by atoms with van der Waals surface area (Å²) in [6.07, 6.45) is 3.19. The summed E-state index contributed by atoms with van der Waals surface area (Å²) in [5, 5.41) is 10.5. The molecule has 6 nitrogen and oxygen atoms in total. The Labute approximate surface area is 113 Å². The highest BCUT2D eigenvalue weighted by Gasteiger charge is 2.36. The molecule has 2 heterocycles. The lowest BCUT2D eigenvalue weighted by Crippen LogP contribution is -2.54. The van der Waals surface area contributed by atoms with Crippen molar-refractivity contribution in [3.8, 4) is 0 Å². The Bertz CT molecular complexity index is 457. The predicted molar refractivity (Wildman–Crippen MR) is 72.0 cm³/mol. The van der Waals surface area contributed by atoms with Gasteiger partial charge in [-0.15, -0.1) is 0 Å². The van der Waals surface area contributed by atoms with Crippen LogP contribution in [-0.4, -0.2) is 70.1 Å². The normalized spacial score (nSPS) is 23.9. The summed E-state index contributed by atoms with van der Waals surface area (Å²) in [5.41, 5.74) is 0.0443. The first-order valence-electron chi connectivity index (χ1n) is 6.58. The van der Waals surface area contributed by atoms with Crippen LogP contribution in [0.1, 0.15) is 29.2 Å². The van der Waals surface area contributed by atoms with Crippen molar-refractivity contribution in [1.29, 1.82) is 0 Å². The molecule has 1 atom stereocenters. The van der Waals surface area contributed by atoms with Gasteiger partial charge in [-0.25, -0.2) is 4.98 Å². The Balaban J connectivity index is 2.07. The molecule has 1 fully saturated rings. The maximum Gasteiger partial charge on any atom is 0.289 e. The number of aryl methyl sites for hydroxylation is 1. The summed E-state index contributed by atoms with van der Waals surface area (Å²) in [5.74, 6) is 0.219. The molecule has 2 N–H and O–H groups in total. The van der Waals surface area contributed by atoms with E-state index in [1.54, 1.807) is 11.1 Å². The summed E-state index contributed by atoms with van der Waals surface area (Å²) in [7, 11) is 3.85. The fourth-order valence-electron chi connectivity index (χ4n) is 2.67. The van der Waals surface area contributed by atoms with Crippen LogP contribution in [0, 0.1) is 6.92 Å². The van der Waals surface area contributed by atoms with Crippen molar-refractivity contribution in [1.82, 2.24) is 19.8 Å². The Kier molecular flexibility index (Phi) is 3.91. The molecule has 0 unspecified atom stereocenters. The van der Waals surface area contributed by atoms with E-state index in [2.05, 4.69) is 9.97 Å². The second-order valence-electron chi connectivity index (χ2n) is 5.71. The van der Waals surface area contributed by atoms with Crippen molar-refractivity contribution in [2.45, 2.75) is 25.4 Å². The first kappa shape index (κ1) is 14.0. The first-order valence-corrected chi connectivity index (χ1v) is 6.58. The number of H-pyrrole nitrogens is 1. The molecule has 1 aliphatic heterocycles. The lowest BCUT2D eigenvalue weighted by atomic mass is 9.92. The van der Waals surface area contributed by atoms with Gasteiger partial charge in [0.05, 0.1) is 12.1 Å². The van der Waals surface area contributed by atoms with Gasteiger partial charge in [0.25, 0.3) is 5.91 Å². The fourth-order valence-corrected chi connectivity index (χ4v) is 2.67. The number of nitrogens with zero attached hydrogens (tertiary/aromatic N) is 3. The lowest BCUT2D eigenvalue weighted by molar-refractivity contribution is -0.0393. The highest BCUT2D eigenvalue weighted by atomic mass is 16.3. The van der Waals surface area contributed by atoms with Gasteiger partial charge in [0.1, 0.15) is 0 Å². The number of aliphatic hydroxyl groups is 1. The van der Waals surface area contributed by atoms with Crippen molar-refractivity contribution in [2.75, 3.05) is 33.7 Å². The minimum Gasteiger partial charge on any atom is -0.387 e. The second-order valence-corrected chi connectivity index (χ2v) is 5.71. The molecule has 0 aliphatic carbocycles. The van der Waals surface area contributed by atoms with E-state index in [1.165, 1.54) is 0 Å². The first-order chi connectivity index (χ1) is 8.89. The molecule has 2 rings (SSSR count). The summed E-state index contributed by atoms with van der Waals surface area (Å²) in [4.78, 5) is 22.9. The maximum absolute atomic E-state index is 12.3. The van der Waals surface area contributed by atoms with E-state index in [0.29, 0.717) is 25.5 Å². The number of nitrogens with one attached hydrogen (secondary N) is 1. The van der Waals surface area contributed by atoms with Crippen LogP contribution >= 0.6 is 0 Å². The summed E-state index contributed by atoms with van der Waals surface area (Å²) in [6.45, 7) is 3.47. The zero-order chi connectivity index (χ0) is 14.0. The minimum absolute atomic E-state index is 0.134. The number of rotatable bonds is 3. The Hall–Kier alpha value is -1.40. The third-order valence-corrected chi connectivity index (χ3v) is 3.36. The van der Waals surface area contributed by atoms with Gasteiger partial charge in [-0.2, -0.15) is 0 Å². The van der Waals surface area contributed by atoms with Crippen LogP contribution in [0.25, 0.3) is 0 Å². The van der Waals surface area contributed by atoms with Gasteiger partial charge >= 0.3 is 0 Å². The number of carbonyl (C=O) groups excluding carboxylic acids is 1. The molecule has 0 bridgehead atoms. The summed E-state index contributed by atoms with van der Waals surface area (Å²) < 4.78 is 0. The van der Waals surface area contributed by atoms with Crippen LogP contribution in [-0.2, 0) is 0 Å². The van der Waals surface area contributed by atoms with Crippen LogP contribution in [0.4, 0.5) is 0 Å². The number of piperidine rings is 1. The molecule has 6 heteroatoms. The standard InChI is InChI=1S/C13H22N4O2/c1-10-7-14-11(15-10)12(18)17-6-4-5-13(19,9-17)8-16(2)3/h7,19H,4-6,8-9H2,1-3H3,(H,14,15)/t13-/m0/s1. The number of carbonyl (C=O) groups is 1. The van der Waals surface area contributed by atoms with Gasteiger partial charge < -0.3 is 19.9 Å².